The van der Waals surface area contributed by atoms with E-state index in [1.54, 1.807) is 12.4 Å². The van der Waals surface area contributed by atoms with E-state index >= 15 is 0 Å². The first-order valence-electron chi connectivity index (χ1n) is 6.73. The minimum absolute atomic E-state index is 0.219. The summed E-state index contributed by atoms with van der Waals surface area (Å²) >= 11 is 0. The Morgan fingerprint density at radius 2 is 1.89 bits per heavy atom. The molecule has 1 aliphatic heterocycles. The lowest BCUT2D eigenvalue weighted by Crippen LogP contribution is -2.49. The largest absolute Gasteiger partial charge is 0.340 e. The van der Waals surface area contributed by atoms with Crippen molar-refractivity contribution in [2.24, 2.45) is 5.73 Å². The lowest BCUT2D eigenvalue weighted by Gasteiger charge is -2.34. The molecule has 1 saturated heterocycles. The van der Waals surface area contributed by atoms with Crippen molar-refractivity contribution in [1.29, 1.82) is 0 Å². The highest BCUT2D eigenvalue weighted by Gasteiger charge is 2.20. The van der Waals surface area contributed by atoms with Gasteiger partial charge in [-0.1, -0.05) is 0 Å². The van der Waals surface area contributed by atoms with E-state index < -0.39 is 0 Å². The summed E-state index contributed by atoms with van der Waals surface area (Å²) < 4.78 is 0. The van der Waals surface area contributed by atoms with Crippen LogP contribution in [0.5, 0.6) is 0 Å². The van der Waals surface area contributed by atoms with Crippen LogP contribution in [0.25, 0.3) is 0 Å². The Bertz CT molecular complexity index is 389. The maximum absolute atomic E-state index is 12.1. The molecule has 19 heavy (non-hydrogen) atoms. The van der Waals surface area contributed by atoms with E-state index in [0.717, 1.165) is 38.3 Å². The van der Waals surface area contributed by atoms with Crippen molar-refractivity contribution < 1.29 is 4.79 Å². The van der Waals surface area contributed by atoms with Gasteiger partial charge in [-0.05, 0) is 12.0 Å². The van der Waals surface area contributed by atoms with Crippen molar-refractivity contribution in [2.45, 2.75) is 12.8 Å². The van der Waals surface area contributed by atoms with Crippen molar-refractivity contribution in [3.8, 4) is 0 Å². The van der Waals surface area contributed by atoms with E-state index in [1.807, 2.05) is 4.90 Å². The second-order valence-corrected chi connectivity index (χ2v) is 4.76. The number of aromatic nitrogens is 2. The molecule has 2 rings (SSSR count). The summed E-state index contributed by atoms with van der Waals surface area (Å²) in [5, 5.41) is 0. The summed E-state index contributed by atoms with van der Waals surface area (Å²) in [6.07, 6.45) is 6.27. The fourth-order valence-electron chi connectivity index (χ4n) is 2.27. The predicted molar refractivity (Wildman–Crippen MR) is 72.4 cm³/mol. The molecule has 1 aliphatic rings. The van der Waals surface area contributed by atoms with Gasteiger partial charge < -0.3 is 10.6 Å². The molecule has 6 heteroatoms. The van der Waals surface area contributed by atoms with E-state index in [2.05, 4.69) is 14.9 Å². The number of nitrogens with zero attached hydrogens (tertiary/aromatic N) is 4. The zero-order chi connectivity index (χ0) is 13.5. The minimum atomic E-state index is 0.219. The van der Waals surface area contributed by atoms with Crippen molar-refractivity contribution in [1.82, 2.24) is 19.8 Å². The molecule has 0 spiro atoms. The molecule has 1 aromatic heterocycles. The van der Waals surface area contributed by atoms with Gasteiger partial charge in [-0.25, -0.2) is 9.97 Å². The summed E-state index contributed by atoms with van der Waals surface area (Å²) in [7, 11) is 0. The molecule has 2 N–H and O–H groups in total. The molecule has 0 bridgehead atoms. The van der Waals surface area contributed by atoms with Gasteiger partial charge in [-0.15, -0.1) is 0 Å². The molecule has 0 aromatic carbocycles. The van der Waals surface area contributed by atoms with Crippen LogP contribution in [-0.4, -0.2) is 64.9 Å². The van der Waals surface area contributed by atoms with Crippen LogP contribution in [0.4, 0.5) is 0 Å². The average Bonchev–Trinajstić information content (AvgIpc) is 2.47. The molecule has 6 nitrogen and oxygen atoms in total. The fraction of sp³-hybridized carbons (Fsp3) is 0.615. The lowest BCUT2D eigenvalue weighted by atomic mass is 10.1. The van der Waals surface area contributed by atoms with E-state index in [0.29, 0.717) is 19.4 Å². The van der Waals surface area contributed by atoms with Crippen molar-refractivity contribution >= 4 is 5.91 Å². The summed E-state index contributed by atoms with van der Waals surface area (Å²) in [6, 6.07) is 0. The van der Waals surface area contributed by atoms with Crippen LogP contribution in [0, 0.1) is 0 Å². The van der Waals surface area contributed by atoms with E-state index in [1.165, 1.54) is 6.33 Å². The smallest absolute Gasteiger partial charge is 0.222 e. The molecule has 1 aromatic rings. The van der Waals surface area contributed by atoms with Crippen molar-refractivity contribution in [3.05, 3.63) is 24.3 Å². The first-order valence-corrected chi connectivity index (χ1v) is 6.73. The van der Waals surface area contributed by atoms with Gasteiger partial charge in [0, 0.05) is 58.1 Å². The third kappa shape index (κ3) is 4.25. The Morgan fingerprint density at radius 1 is 1.21 bits per heavy atom. The van der Waals surface area contributed by atoms with Crippen LogP contribution in [0.15, 0.2) is 18.7 Å². The number of carbonyl (C=O) groups excluding carboxylic acids is 1. The number of carbonyl (C=O) groups is 1. The molecule has 1 amide bonds. The number of nitrogens with two attached hydrogens (primary N) is 1. The average molecular weight is 263 g/mol. The van der Waals surface area contributed by atoms with Crippen molar-refractivity contribution in [3.63, 3.8) is 0 Å². The van der Waals surface area contributed by atoms with Gasteiger partial charge in [0.2, 0.25) is 5.91 Å². The normalized spacial score (nSPS) is 16.6. The lowest BCUT2D eigenvalue weighted by molar-refractivity contribution is -0.132. The molecule has 0 aliphatic carbocycles. The fourth-order valence-corrected chi connectivity index (χ4v) is 2.27. The predicted octanol–water partition coefficient (Wildman–Crippen LogP) is -0.488. The molecule has 1 fully saturated rings. The summed E-state index contributed by atoms with van der Waals surface area (Å²) in [5.41, 5.74) is 6.54. The second-order valence-electron chi connectivity index (χ2n) is 4.76. The van der Waals surface area contributed by atoms with Crippen LogP contribution in [0.2, 0.25) is 0 Å². The summed E-state index contributed by atoms with van der Waals surface area (Å²) in [6.45, 7) is 5.08. The quantitative estimate of drug-likeness (QED) is 0.776. The first kappa shape index (κ1) is 13.9. The second kappa shape index (κ2) is 7.16. The number of rotatable bonds is 5. The zero-order valence-electron chi connectivity index (χ0n) is 11.2. The zero-order valence-corrected chi connectivity index (χ0v) is 11.2. The Labute approximate surface area is 113 Å². The van der Waals surface area contributed by atoms with Gasteiger partial charge in [-0.2, -0.15) is 0 Å². The van der Waals surface area contributed by atoms with Gasteiger partial charge in [0.15, 0.2) is 0 Å². The molecule has 0 radical (unpaired) electrons. The molecular weight excluding hydrogens is 242 g/mol. The number of piperazine rings is 1. The molecule has 0 unspecified atom stereocenters. The Balaban J connectivity index is 1.73. The van der Waals surface area contributed by atoms with Crippen molar-refractivity contribution in [2.75, 3.05) is 39.3 Å². The monoisotopic (exact) mass is 263 g/mol. The SMILES string of the molecule is NCCN1CCN(C(=O)CCc2cncnc2)CC1. The van der Waals surface area contributed by atoms with Crippen LogP contribution < -0.4 is 5.73 Å². The Hall–Kier alpha value is -1.53. The molecule has 104 valence electrons. The van der Waals surface area contributed by atoms with E-state index in [4.69, 9.17) is 5.73 Å². The summed E-state index contributed by atoms with van der Waals surface area (Å²) in [4.78, 5) is 24.2. The molecule has 0 atom stereocenters. The van der Waals surface area contributed by atoms with Gasteiger partial charge in [0.05, 0.1) is 0 Å². The third-order valence-electron chi connectivity index (χ3n) is 3.41. The number of hydrogen-bond donors (Lipinski definition) is 1. The number of hydrogen-bond acceptors (Lipinski definition) is 5. The topological polar surface area (TPSA) is 75.3 Å². The van der Waals surface area contributed by atoms with Gasteiger partial charge in [-0.3, -0.25) is 9.69 Å². The highest BCUT2D eigenvalue weighted by atomic mass is 16.2. The minimum Gasteiger partial charge on any atom is -0.340 e. The molecular formula is C13H21N5O. The van der Waals surface area contributed by atoms with E-state index in [-0.39, 0.29) is 5.91 Å². The van der Waals surface area contributed by atoms with Gasteiger partial charge in [0.1, 0.15) is 6.33 Å². The highest BCUT2D eigenvalue weighted by Crippen LogP contribution is 2.06. The van der Waals surface area contributed by atoms with Crippen LogP contribution in [0.1, 0.15) is 12.0 Å². The number of aryl methyl sites for hydroxylation is 1. The molecule has 0 saturated carbocycles. The van der Waals surface area contributed by atoms with Crippen LogP contribution >= 0.6 is 0 Å². The summed E-state index contributed by atoms with van der Waals surface area (Å²) in [5.74, 6) is 0.219. The standard InChI is InChI=1S/C13H21N5O/c14-3-4-17-5-7-18(8-6-17)13(19)2-1-12-9-15-11-16-10-12/h9-11H,1-8,14H2. The number of amides is 1. The van der Waals surface area contributed by atoms with Gasteiger partial charge in [0.25, 0.3) is 0 Å². The molecule has 2 heterocycles. The van der Waals surface area contributed by atoms with Crippen LogP contribution in [-0.2, 0) is 11.2 Å². The Morgan fingerprint density at radius 3 is 2.53 bits per heavy atom. The highest BCUT2D eigenvalue weighted by molar-refractivity contribution is 5.76. The maximum Gasteiger partial charge on any atom is 0.222 e. The third-order valence-corrected chi connectivity index (χ3v) is 3.41. The Kier molecular flexibility index (Phi) is 5.23. The van der Waals surface area contributed by atoms with Crippen LogP contribution in [0.3, 0.4) is 0 Å². The van der Waals surface area contributed by atoms with E-state index in [9.17, 15) is 4.79 Å². The van der Waals surface area contributed by atoms with Gasteiger partial charge >= 0.3 is 0 Å². The first-order chi connectivity index (χ1) is 9.29. The maximum atomic E-state index is 12.1.